The highest BCUT2D eigenvalue weighted by molar-refractivity contribution is 7.12. The highest BCUT2D eigenvalue weighted by Gasteiger charge is 2.18. The molecule has 0 bridgehead atoms. The van der Waals surface area contributed by atoms with E-state index in [4.69, 9.17) is 10.5 Å². The minimum atomic E-state index is -0.347. The second-order valence-corrected chi connectivity index (χ2v) is 8.78. The van der Waals surface area contributed by atoms with Crippen molar-refractivity contribution in [2.24, 2.45) is 10.7 Å². The number of carbonyl (C=O) groups is 1. The van der Waals surface area contributed by atoms with Gasteiger partial charge in [-0.15, -0.1) is 11.3 Å². The van der Waals surface area contributed by atoms with Crippen molar-refractivity contribution in [3.8, 4) is 5.75 Å². The quantitative estimate of drug-likeness (QED) is 0.423. The Hall–Kier alpha value is -3.32. The number of nitrogens with two attached hydrogens (primary N) is 1. The molecular weight excluding hydrogens is 420 g/mol. The van der Waals surface area contributed by atoms with Crippen molar-refractivity contribution in [3.05, 3.63) is 76.5 Å². The number of hydrogen-bond acceptors (Lipinski definition) is 5. The van der Waals surface area contributed by atoms with Gasteiger partial charge < -0.3 is 20.3 Å². The largest absolute Gasteiger partial charge is 0.415 e. The third-order valence-electron chi connectivity index (χ3n) is 5.52. The van der Waals surface area contributed by atoms with Gasteiger partial charge in [0.2, 0.25) is 0 Å². The minimum absolute atomic E-state index is 0.347. The molecule has 0 saturated carbocycles. The van der Waals surface area contributed by atoms with E-state index in [1.54, 1.807) is 35.4 Å². The number of fused-ring (bicyclic) bond motifs is 1. The summed E-state index contributed by atoms with van der Waals surface area (Å²) in [5, 5.41) is 2.00. The lowest BCUT2D eigenvalue weighted by Gasteiger charge is -2.27. The summed E-state index contributed by atoms with van der Waals surface area (Å²) in [6.45, 7) is 2.29. The van der Waals surface area contributed by atoms with Gasteiger partial charge in [-0.05, 0) is 66.6 Å². The fourth-order valence-electron chi connectivity index (χ4n) is 3.77. The highest BCUT2D eigenvalue weighted by atomic mass is 32.1. The summed E-state index contributed by atoms with van der Waals surface area (Å²) in [5.41, 5.74) is 9.53. The van der Waals surface area contributed by atoms with Crippen molar-refractivity contribution in [1.29, 1.82) is 0 Å². The molecule has 7 heteroatoms. The number of amidine groups is 1. The Labute approximate surface area is 192 Å². The second-order valence-electron chi connectivity index (χ2n) is 7.83. The molecule has 0 unspecified atom stereocenters. The maximum atomic E-state index is 12.4. The number of ether oxygens (including phenoxy) is 1. The first-order valence-corrected chi connectivity index (χ1v) is 11.7. The van der Waals surface area contributed by atoms with Gasteiger partial charge in [0.05, 0.1) is 10.6 Å². The fraction of sp³-hybridized carbons (Fsp3) is 0.280. The van der Waals surface area contributed by atoms with Crippen molar-refractivity contribution < 1.29 is 9.53 Å². The molecular formula is C25H28N4O2S. The third-order valence-corrected chi connectivity index (χ3v) is 6.41. The molecule has 0 saturated heterocycles. The standard InChI is InChI=1S/C25H28N4O2S/c1-28(25(30)31-21-9-3-2-4-10-21)15-16-29-14-6-5-8-19-18-20(12-13-22(19)29)27-24(26)23-11-7-17-32-23/h2-4,7,9-13,17-18H,5-6,8,14-16H2,1H3,(H2,26,27). The molecule has 3 aromatic rings. The Morgan fingerprint density at radius 3 is 2.78 bits per heavy atom. The summed E-state index contributed by atoms with van der Waals surface area (Å²) < 4.78 is 5.44. The van der Waals surface area contributed by atoms with Gasteiger partial charge in [-0.25, -0.2) is 9.79 Å². The van der Waals surface area contributed by atoms with Crippen LogP contribution in [-0.4, -0.2) is 43.5 Å². The Kier molecular flexibility index (Phi) is 7.07. The molecule has 2 heterocycles. The lowest BCUT2D eigenvalue weighted by Crippen LogP contribution is -2.38. The van der Waals surface area contributed by atoms with Crippen LogP contribution < -0.4 is 15.4 Å². The average Bonchev–Trinajstić information content (AvgIpc) is 3.27. The van der Waals surface area contributed by atoms with Crippen LogP contribution in [0.3, 0.4) is 0 Å². The zero-order chi connectivity index (χ0) is 22.3. The van der Waals surface area contributed by atoms with E-state index < -0.39 is 0 Å². The van der Waals surface area contributed by atoms with E-state index in [9.17, 15) is 4.79 Å². The summed E-state index contributed by atoms with van der Waals surface area (Å²) in [7, 11) is 1.77. The van der Waals surface area contributed by atoms with E-state index in [1.165, 1.54) is 11.3 Å². The Bertz CT molecular complexity index is 1070. The Morgan fingerprint density at radius 1 is 1.16 bits per heavy atom. The van der Waals surface area contributed by atoms with Crippen LogP contribution in [-0.2, 0) is 6.42 Å². The summed E-state index contributed by atoms with van der Waals surface area (Å²) in [6.07, 6.45) is 2.91. The molecule has 32 heavy (non-hydrogen) atoms. The van der Waals surface area contributed by atoms with Gasteiger partial charge in [-0.3, -0.25) is 0 Å². The number of amides is 1. The molecule has 0 radical (unpaired) electrons. The number of nitrogens with zero attached hydrogens (tertiary/aromatic N) is 3. The molecule has 0 spiro atoms. The van der Waals surface area contributed by atoms with E-state index in [2.05, 4.69) is 22.0 Å². The summed E-state index contributed by atoms with van der Waals surface area (Å²) in [4.78, 5) is 22.0. The second kappa shape index (κ2) is 10.3. The number of carbonyl (C=O) groups excluding carboxylic acids is 1. The van der Waals surface area contributed by atoms with E-state index in [1.807, 2.05) is 41.8 Å². The normalized spacial score (nSPS) is 13.9. The van der Waals surface area contributed by atoms with Gasteiger partial charge in [0, 0.05) is 32.4 Å². The van der Waals surface area contributed by atoms with Gasteiger partial charge in [-0.2, -0.15) is 0 Å². The zero-order valence-corrected chi connectivity index (χ0v) is 19.1. The summed E-state index contributed by atoms with van der Waals surface area (Å²) >= 11 is 1.59. The van der Waals surface area contributed by atoms with E-state index in [-0.39, 0.29) is 6.09 Å². The van der Waals surface area contributed by atoms with Crippen LogP contribution in [0, 0.1) is 0 Å². The first kappa shape index (κ1) is 21.9. The molecule has 1 amide bonds. The summed E-state index contributed by atoms with van der Waals surface area (Å²) in [5.74, 6) is 1.10. The number of aliphatic imine (C=N–C) groups is 1. The maximum absolute atomic E-state index is 12.4. The highest BCUT2D eigenvalue weighted by Crippen LogP contribution is 2.30. The molecule has 166 valence electrons. The molecule has 0 aliphatic carbocycles. The third kappa shape index (κ3) is 5.48. The number of rotatable bonds is 6. The van der Waals surface area contributed by atoms with Crippen LogP contribution in [0.15, 0.2) is 71.0 Å². The van der Waals surface area contributed by atoms with Crippen LogP contribution in [0.1, 0.15) is 23.3 Å². The molecule has 0 atom stereocenters. The number of para-hydroxylation sites is 1. The lowest BCUT2D eigenvalue weighted by molar-refractivity contribution is 0.164. The average molecular weight is 449 g/mol. The molecule has 4 rings (SSSR count). The number of anilines is 1. The molecule has 1 aromatic heterocycles. The van der Waals surface area contributed by atoms with Gasteiger partial charge in [0.1, 0.15) is 11.6 Å². The molecule has 6 nitrogen and oxygen atoms in total. The van der Waals surface area contributed by atoms with Crippen LogP contribution in [0.2, 0.25) is 0 Å². The maximum Gasteiger partial charge on any atom is 0.415 e. The van der Waals surface area contributed by atoms with Gasteiger partial charge in [0.25, 0.3) is 0 Å². The first-order valence-electron chi connectivity index (χ1n) is 10.8. The molecule has 0 fully saturated rings. The first-order chi connectivity index (χ1) is 15.6. The number of aryl methyl sites for hydroxylation is 1. The number of hydrogen-bond donors (Lipinski definition) is 1. The Morgan fingerprint density at radius 2 is 2.00 bits per heavy atom. The van der Waals surface area contributed by atoms with E-state index in [0.29, 0.717) is 18.1 Å². The van der Waals surface area contributed by atoms with Crippen LogP contribution in [0.25, 0.3) is 0 Å². The van der Waals surface area contributed by atoms with Crippen LogP contribution in [0.4, 0.5) is 16.2 Å². The zero-order valence-electron chi connectivity index (χ0n) is 18.2. The molecule has 1 aliphatic heterocycles. The lowest BCUT2D eigenvalue weighted by atomic mass is 10.1. The Balaban J connectivity index is 1.42. The van der Waals surface area contributed by atoms with E-state index >= 15 is 0 Å². The number of benzene rings is 2. The van der Waals surface area contributed by atoms with E-state index in [0.717, 1.165) is 42.9 Å². The topological polar surface area (TPSA) is 71.2 Å². The number of likely N-dealkylation sites (N-methyl/N-ethyl adjacent to an activating group) is 1. The van der Waals surface area contributed by atoms with Crippen LogP contribution in [0.5, 0.6) is 5.75 Å². The molecule has 1 aliphatic rings. The smallest absolute Gasteiger partial charge is 0.410 e. The van der Waals surface area contributed by atoms with Crippen molar-refractivity contribution in [1.82, 2.24) is 4.90 Å². The number of thiophene rings is 1. The van der Waals surface area contributed by atoms with Crippen molar-refractivity contribution in [2.45, 2.75) is 19.3 Å². The fourth-order valence-corrected chi connectivity index (χ4v) is 4.40. The predicted octanol–water partition coefficient (Wildman–Crippen LogP) is 5.06. The molecule has 2 N–H and O–H groups in total. The molecule has 2 aromatic carbocycles. The predicted molar refractivity (Wildman–Crippen MR) is 131 cm³/mol. The van der Waals surface area contributed by atoms with Crippen molar-refractivity contribution >= 4 is 34.6 Å². The van der Waals surface area contributed by atoms with Crippen LogP contribution >= 0.6 is 11.3 Å². The monoisotopic (exact) mass is 448 g/mol. The van der Waals surface area contributed by atoms with Gasteiger partial charge in [0.15, 0.2) is 0 Å². The van der Waals surface area contributed by atoms with Crippen molar-refractivity contribution in [2.75, 3.05) is 31.6 Å². The minimum Gasteiger partial charge on any atom is -0.410 e. The SMILES string of the molecule is CN(CCN1CCCCc2cc(N=C(N)c3cccs3)ccc21)C(=O)Oc1ccccc1. The van der Waals surface area contributed by atoms with Crippen molar-refractivity contribution in [3.63, 3.8) is 0 Å². The van der Waals surface area contributed by atoms with Gasteiger partial charge >= 0.3 is 6.09 Å². The summed E-state index contributed by atoms with van der Waals surface area (Å²) in [6, 6.07) is 19.4. The van der Waals surface area contributed by atoms with Gasteiger partial charge in [-0.1, -0.05) is 24.3 Å².